The first-order valence-electron chi connectivity index (χ1n) is 12.6. The van der Waals surface area contributed by atoms with Crippen LogP contribution in [-0.4, -0.2) is 42.8 Å². The number of nitriles is 1. The molecule has 0 aliphatic heterocycles. The van der Waals surface area contributed by atoms with Gasteiger partial charge in [0, 0.05) is 36.8 Å². The molecular weight excluding hydrogens is 484 g/mol. The molecule has 4 aromatic rings. The minimum absolute atomic E-state index is 0.0332. The van der Waals surface area contributed by atoms with E-state index in [1.807, 2.05) is 30.5 Å². The van der Waals surface area contributed by atoms with Gasteiger partial charge in [0.05, 0.1) is 34.2 Å². The number of hydrogen-bond donors (Lipinski definition) is 2. The summed E-state index contributed by atoms with van der Waals surface area (Å²) in [6.45, 7) is 8.01. The van der Waals surface area contributed by atoms with Gasteiger partial charge >= 0.3 is 0 Å². The van der Waals surface area contributed by atoms with Crippen LogP contribution in [0.15, 0.2) is 36.7 Å². The Balaban J connectivity index is 1.44. The number of nitrogens with one attached hydrogen (secondary N) is 2. The second-order valence-corrected chi connectivity index (χ2v) is 11.1. The lowest BCUT2D eigenvalue weighted by molar-refractivity contribution is -0.120. The van der Waals surface area contributed by atoms with Gasteiger partial charge in [0.1, 0.15) is 11.1 Å². The Morgan fingerprint density at radius 3 is 2.78 bits per heavy atom. The number of fused-ring (bicyclic) bond motifs is 1. The van der Waals surface area contributed by atoms with Crippen molar-refractivity contribution in [3.63, 3.8) is 0 Å². The molecule has 5 rings (SSSR count). The molecule has 0 saturated heterocycles. The lowest BCUT2D eigenvalue weighted by atomic mass is 9.78. The molecule has 37 heavy (non-hydrogen) atoms. The summed E-state index contributed by atoms with van der Waals surface area (Å²) in [5.74, 6) is 0.782. The highest BCUT2D eigenvalue weighted by Gasteiger charge is 2.31. The average Bonchev–Trinajstić information content (AvgIpc) is 3.50. The molecule has 1 aliphatic rings. The summed E-state index contributed by atoms with van der Waals surface area (Å²) in [7, 11) is 0. The number of pyridine rings is 1. The van der Waals surface area contributed by atoms with Gasteiger partial charge in [-0.3, -0.25) is 9.78 Å². The maximum absolute atomic E-state index is 11.5. The van der Waals surface area contributed by atoms with Crippen LogP contribution in [0.25, 0.3) is 27.5 Å². The summed E-state index contributed by atoms with van der Waals surface area (Å²) in [6.07, 6.45) is 6.30. The lowest BCUT2D eigenvalue weighted by Gasteiger charge is -2.33. The number of aromatic nitrogens is 5. The quantitative estimate of drug-likeness (QED) is 0.371. The van der Waals surface area contributed by atoms with Crippen LogP contribution in [0.1, 0.15) is 63.4 Å². The maximum Gasteiger partial charge on any atom is 0.217 e. The molecule has 1 fully saturated rings. The highest BCUT2D eigenvalue weighted by molar-refractivity contribution is 7.14. The smallest absolute Gasteiger partial charge is 0.217 e. The number of carbonyl (C=O) groups is 1. The molecule has 0 radical (unpaired) electrons. The molecule has 3 atom stereocenters. The topological polar surface area (TPSA) is 121 Å². The Morgan fingerprint density at radius 2 is 2.05 bits per heavy atom. The first kappa shape index (κ1) is 24.8. The van der Waals surface area contributed by atoms with Crippen LogP contribution in [0.5, 0.6) is 0 Å². The van der Waals surface area contributed by atoms with E-state index in [0.717, 1.165) is 57.4 Å². The van der Waals surface area contributed by atoms with Gasteiger partial charge in [-0.2, -0.15) is 10.4 Å². The normalized spacial score (nSPS) is 19.6. The van der Waals surface area contributed by atoms with Gasteiger partial charge in [-0.05, 0) is 63.3 Å². The number of anilines is 1. The Kier molecular flexibility index (Phi) is 6.89. The molecule has 0 aromatic carbocycles. The summed E-state index contributed by atoms with van der Waals surface area (Å²) in [4.78, 5) is 16.2. The first-order valence-corrected chi connectivity index (χ1v) is 13.4. The second-order valence-electron chi connectivity index (χ2n) is 10.1. The van der Waals surface area contributed by atoms with Crippen LogP contribution < -0.4 is 10.6 Å². The van der Waals surface area contributed by atoms with E-state index in [9.17, 15) is 10.1 Å². The minimum Gasteiger partial charge on any atom is -0.382 e. The van der Waals surface area contributed by atoms with Crippen molar-refractivity contribution in [2.24, 2.45) is 5.92 Å². The maximum atomic E-state index is 11.5. The molecule has 2 N–H and O–H groups in total. The van der Waals surface area contributed by atoms with Gasteiger partial charge in [-0.1, -0.05) is 18.3 Å². The fourth-order valence-electron chi connectivity index (χ4n) is 5.13. The van der Waals surface area contributed by atoms with Crippen molar-refractivity contribution in [2.75, 3.05) is 5.32 Å². The number of carbonyl (C=O) groups excluding carboxylic acids is 1. The molecule has 0 bridgehead atoms. The van der Waals surface area contributed by atoms with Crippen LogP contribution in [0, 0.1) is 17.2 Å². The van der Waals surface area contributed by atoms with E-state index in [2.05, 4.69) is 52.8 Å². The molecule has 10 heteroatoms. The summed E-state index contributed by atoms with van der Waals surface area (Å²) in [5, 5.41) is 31.3. The van der Waals surface area contributed by atoms with Gasteiger partial charge in [0.25, 0.3) is 0 Å². The molecule has 1 unspecified atom stereocenters. The molecule has 1 saturated carbocycles. The zero-order chi connectivity index (χ0) is 26.1. The van der Waals surface area contributed by atoms with E-state index in [0.29, 0.717) is 17.4 Å². The first-order chi connectivity index (χ1) is 17.8. The van der Waals surface area contributed by atoms with E-state index in [1.165, 1.54) is 0 Å². The Labute approximate surface area is 220 Å². The van der Waals surface area contributed by atoms with Crippen LogP contribution >= 0.6 is 11.3 Å². The highest BCUT2D eigenvalue weighted by Crippen LogP contribution is 2.41. The summed E-state index contributed by atoms with van der Waals surface area (Å²) >= 11 is 1.62. The lowest BCUT2D eigenvalue weighted by Crippen LogP contribution is -2.38. The van der Waals surface area contributed by atoms with Crippen LogP contribution in [-0.2, 0) is 4.79 Å². The van der Waals surface area contributed by atoms with E-state index < -0.39 is 0 Å². The van der Waals surface area contributed by atoms with Gasteiger partial charge in [0.15, 0.2) is 5.01 Å². The van der Waals surface area contributed by atoms with Gasteiger partial charge in [-0.15, -0.1) is 10.2 Å². The van der Waals surface area contributed by atoms with Crippen LogP contribution in [0.4, 0.5) is 5.69 Å². The van der Waals surface area contributed by atoms with Gasteiger partial charge in [0.2, 0.25) is 5.91 Å². The fourth-order valence-corrected chi connectivity index (χ4v) is 6.26. The van der Waals surface area contributed by atoms with Crippen LogP contribution in [0.2, 0.25) is 0 Å². The highest BCUT2D eigenvalue weighted by atomic mass is 32.1. The number of amides is 1. The van der Waals surface area contributed by atoms with Gasteiger partial charge < -0.3 is 10.6 Å². The van der Waals surface area contributed by atoms with Crippen LogP contribution in [0.3, 0.4) is 0 Å². The number of rotatable bonds is 6. The van der Waals surface area contributed by atoms with Gasteiger partial charge in [-0.25, -0.2) is 4.52 Å². The van der Waals surface area contributed by atoms with Crippen molar-refractivity contribution in [1.82, 2.24) is 30.1 Å². The van der Waals surface area contributed by atoms with Crippen molar-refractivity contribution >= 4 is 28.4 Å². The summed E-state index contributed by atoms with van der Waals surface area (Å²) < 4.78 is 1.80. The summed E-state index contributed by atoms with van der Waals surface area (Å²) in [5.41, 5.74) is 4.84. The van der Waals surface area contributed by atoms with Crippen molar-refractivity contribution in [3.8, 4) is 28.0 Å². The van der Waals surface area contributed by atoms with E-state index in [4.69, 9.17) is 4.98 Å². The largest absolute Gasteiger partial charge is 0.382 e. The molecule has 0 spiro atoms. The molecule has 1 amide bonds. The van der Waals surface area contributed by atoms with Crippen molar-refractivity contribution < 1.29 is 4.79 Å². The predicted octanol–water partition coefficient (Wildman–Crippen LogP) is 5.02. The molecule has 190 valence electrons. The van der Waals surface area contributed by atoms with Crippen molar-refractivity contribution in [1.29, 1.82) is 5.26 Å². The molecular formula is C27H30N8OS. The third-order valence-electron chi connectivity index (χ3n) is 6.81. The van der Waals surface area contributed by atoms with E-state index in [-0.39, 0.29) is 18.0 Å². The third-order valence-corrected chi connectivity index (χ3v) is 7.89. The Morgan fingerprint density at radius 1 is 1.22 bits per heavy atom. The zero-order valence-corrected chi connectivity index (χ0v) is 22.2. The number of hydrogen-bond acceptors (Lipinski definition) is 8. The molecule has 9 nitrogen and oxygen atoms in total. The third kappa shape index (κ3) is 5.18. The Hall–Kier alpha value is -3.84. The van der Waals surface area contributed by atoms with Crippen molar-refractivity contribution in [3.05, 3.63) is 47.2 Å². The summed E-state index contributed by atoms with van der Waals surface area (Å²) in [6, 6.07) is 10.3. The van der Waals surface area contributed by atoms with Crippen molar-refractivity contribution in [2.45, 2.75) is 65.0 Å². The Bertz CT molecular complexity index is 1480. The molecule has 4 heterocycles. The SMILES string of the molecule is CC(=O)N[C@@H]1CCC(c2nnc(-c3cnc(-c4ccc5cc(C#N)cnn45)cc3NC(C)C)s2)[C@@H](C)C1. The van der Waals surface area contributed by atoms with E-state index >= 15 is 0 Å². The molecule has 1 aliphatic carbocycles. The van der Waals surface area contributed by atoms with E-state index in [1.54, 1.807) is 29.0 Å². The predicted molar refractivity (Wildman–Crippen MR) is 144 cm³/mol. The number of nitrogens with zero attached hydrogens (tertiary/aromatic N) is 6. The monoisotopic (exact) mass is 514 g/mol. The molecule has 4 aromatic heterocycles. The fraction of sp³-hybridized carbons (Fsp3) is 0.407. The second kappa shape index (κ2) is 10.3. The standard InChI is InChI=1S/C27H30N8OS/c1-15(2)31-23-11-24(25-8-6-20-10-18(12-28)13-30-35(20)25)29-14-22(23)27-34-33-26(37-27)21-7-5-19(9-16(21)3)32-17(4)36/h6,8,10-11,13-16,19,21H,5,7,9H2,1-4H3,(H,29,31)(H,32,36)/t16-,19+,21?/m0/s1. The minimum atomic E-state index is 0.0332. The zero-order valence-electron chi connectivity index (χ0n) is 21.4. The average molecular weight is 515 g/mol.